The second kappa shape index (κ2) is 9.70. The predicted octanol–water partition coefficient (Wildman–Crippen LogP) is 4.29. The molecule has 0 radical (unpaired) electrons. The van der Waals surface area contributed by atoms with Gasteiger partial charge in [-0.05, 0) is 26.7 Å². The molecule has 15 heavy (non-hydrogen) atoms. The highest BCUT2D eigenvalue weighted by Crippen LogP contribution is 2.07. The Morgan fingerprint density at radius 1 is 1.20 bits per heavy atom. The van der Waals surface area contributed by atoms with E-state index in [1.807, 2.05) is 25.2 Å². The summed E-state index contributed by atoms with van der Waals surface area (Å²) in [4.78, 5) is 11.2. The van der Waals surface area contributed by atoms with Crippen LogP contribution >= 0.6 is 0 Å². The molecule has 0 heterocycles. The Balaban J connectivity index is 3.76. The number of carbonyl (C=O) groups is 1. The Morgan fingerprint density at radius 3 is 2.47 bits per heavy atom. The van der Waals surface area contributed by atoms with E-state index in [0.717, 1.165) is 6.42 Å². The van der Waals surface area contributed by atoms with Crippen LogP contribution in [0.25, 0.3) is 0 Å². The number of Topliss-reactive ketones (excluding diaryl/α,β-unsaturated/α-hetero) is 1. The van der Waals surface area contributed by atoms with E-state index in [0.29, 0.717) is 0 Å². The summed E-state index contributed by atoms with van der Waals surface area (Å²) in [6, 6.07) is 0. The van der Waals surface area contributed by atoms with Crippen molar-refractivity contribution in [1.29, 1.82) is 0 Å². The number of unbranched alkanes of at least 4 members (excludes halogenated alkanes) is 4. The second-order valence-corrected chi connectivity index (χ2v) is 3.94. The highest BCUT2D eigenvalue weighted by molar-refractivity contribution is 5.81. The first kappa shape index (κ1) is 14.2. The van der Waals surface area contributed by atoms with Gasteiger partial charge in [-0.1, -0.05) is 50.5 Å². The number of hydrogen-bond donors (Lipinski definition) is 0. The van der Waals surface area contributed by atoms with Crippen LogP contribution in [0.1, 0.15) is 52.9 Å². The molecule has 0 fully saturated rings. The molecule has 0 amide bonds. The zero-order valence-electron chi connectivity index (χ0n) is 10.3. The lowest BCUT2D eigenvalue weighted by Gasteiger charge is -2.01. The number of rotatable bonds is 8. The first-order valence-electron chi connectivity index (χ1n) is 6.02. The van der Waals surface area contributed by atoms with E-state index in [9.17, 15) is 4.79 Å². The zero-order chi connectivity index (χ0) is 11.5. The molecule has 1 unspecified atom stereocenters. The number of ketones is 1. The normalized spacial score (nSPS) is 13.8. The fourth-order valence-corrected chi connectivity index (χ4v) is 1.47. The maximum Gasteiger partial charge on any atom is 0.140 e. The lowest BCUT2D eigenvalue weighted by atomic mass is 10.0. The molecule has 1 nitrogen and oxygen atoms in total. The number of allylic oxidation sites excluding steroid dienone is 4. The van der Waals surface area contributed by atoms with Crippen molar-refractivity contribution in [2.75, 3.05) is 0 Å². The van der Waals surface area contributed by atoms with Crippen LogP contribution < -0.4 is 0 Å². The minimum absolute atomic E-state index is 0.0128. The van der Waals surface area contributed by atoms with Crippen molar-refractivity contribution >= 4 is 5.78 Å². The quantitative estimate of drug-likeness (QED) is 0.429. The van der Waals surface area contributed by atoms with Gasteiger partial charge in [0.15, 0.2) is 0 Å². The molecule has 0 spiro atoms. The average Bonchev–Trinajstić information content (AvgIpc) is 2.21. The van der Waals surface area contributed by atoms with E-state index in [2.05, 4.69) is 13.0 Å². The molecule has 1 heteroatoms. The van der Waals surface area contributed by atoms with E-state index in [-0.39, 0.29) is 11.7 Å². The van der Waals surface area contributed by atoms with Crippen molar-refractivity contribution < 1.29 is 4.79 Å². The number of hydrogen-bond acceptors (Lipinski definition) is 1. The Hall–Kier alpha value is -0.850. The fraction of sp³-hybridized carbons (Fsp3) is 0.643. The van der Waals surface area contributed by atoms with Gasteiger partial charge in [0, 0.05) is 0 Å². The van der Waals surface area contributed by atoms with E-state index in [1.165, 1.54) is 25.7 Å². The molecule has 0 rings (SSSR count). The van der Waals surface area contributed by atoms with Crippen molar-refractivity contribution in [1.82, 2.24) is 0 Å². The van der Waals surface area contributed by atoms with Gasteiger partial charge >= 0.3 is 0 Å². The van der Waals surface area contributed by atoms with Crippen LogP contribution in [0, 0.1) is 5.92 Å². The summed E-state index contributed by atoms with van der Waals surface area (Å²) in [6.07, 6.45) is 14.3. The second-order valence-electron chi connectivity index (χ2n) is 3.94. The van der Waals surface area contributed by atoms with Crippen LogP contribution in [-0.4, -0.2) is 5.78 Å². The van der Waals surface area contributed by atoms with Crippen LogP contribution in [0.5, 0.6) is 0 Å². The van der Waals surface area contributed by atoms with Crippen molar-refractivity contribution in [2.45, 2.75) is 52.9 Å². The molecular weight excluding hydrogens is 184 g/mol. The largest absolute Gasteiger partial charge is 0.299 e. The Morgan fingerprint density at radius 2 is 1.93 bits per heavy atom. The van der Waals surface area contributed by atoms with Gasteiger partial charge in [-0.3, -0.25) is 4.79 Å². The third kappa shape index (κ3) is 8.17. The fourth-order valence-electron chi connectivity index (χ4n) is 1.47. The van der Waals surface area contributed by atoms with Gasteiger partial charge in [0.1, 0.15) is 5.78 Å². The van der Waals surface area contributed by atoms with Gasteiger partial charge in [0.05, 0.1) is 5.92 Å². The van der Waals surface area contributed by atoms with Crippen molar-refractivity contribution in [3.8, 4) is 0 Å². The van der Waals surface area contributed by atoms with E-state index in [1.54, 1.807) is 6.92 Å². The standard InChI is InChI=1S/C14H24O/c1-4-6-7-8-9-10-12-14(11-5-2)13(3)15/h5,10-12,14H,4,6-9H2,1-3H3. The lowest BCUT2D eigenvalue weighted by Crippen LogP contribution is -2.03. The molecule has 0 N–H and O–H groups in total. The highest BCUT2D eigenvalue weighted by atomic mass is 16.1. The van der Waals surface area contributed by atoms with Crippen LogP contribution in [0.4, 0.5) is 0 Å². The SMILES string of the molecule is CC=CC(C=CCCCCCC)C(C)=O. The van der Waals surface area contributed by atoms with E-state index in [4.69, 9.17) is 0 Å². The molecule has 0 bridgehead atoms. The minimum atomic E-state index is -0.0128. The summed E-state index contributed by atoms with van der Waals surface area (Å²) in [5.41, 5.74) is 0. The first-order valence-corrected chi connectivity index (χ1v) is 6.02. The van der Waals surface area contributed by atoms with Gasteiger partial charge in [0.2, 0.25) is 0 Å². The summed E-state index contributed by atoms with van der Waals surface area (Å²) in [7, 11) is 0. The predicted molar refractivity (Wildman–Crippen MR) is 66.9 cm³/mol. The average molecular weight is 208 g/mol. The van der Waals surface area contributed by atoms with Gasteiger partial charge in [-0.15, -0.1) is 0 Å². The van der Waals surface area contributed by atoms with Gasteiger partial charge in [0.25, 0.3) is 0 Å². The smallest absolute Gasteiger partial charge is 0.140 e. The van der Waals surface area contributed by atoms with Crippen LogP contribution in [-0.2, 0) is 4.79 Å². The molecule has 0 saturated carbocycles. The van der Waals surface area contributed by atoms with Crippen molar-refractivity contribution in [3.05, 3.63) is 24.3 Å². The zero-order valence-corrected chi connectivity index (χ0v) is 10.3. The van der Waals surface area contributed by atoms with Gasteiger partial charge < -0.3 is 0 Å². The molecule has 0 saturated heterocycles. The molecule has 0 aliphatic rings. The Kier molecular flexibility index (Phi) is 9.15. The lowest BCUT2D eigenvalue weighted by molar-refractivity contribution is -0.118. The van der Waals surface area contributed by atoms with E-state index < -0.39 is 0 Å². The highest BCUT2D eigenvalue weighted by Gasteiger charge is 2.04. The summed E-state index contributed by atoms with van der Waals surface area (Å²) in [5, 5.41) is 0. The molecule has 86 valence electrons. The third-order valence-electron chi connectivity index (χ3n) is 2.44. The first-order chi connectivity index (χ1) is 7.22. The molecule has 0 aromatic rings. The maximum atomic E-state index is 11.2. The van der Waals surface area contributed by atoms with Crippen LogP contribution in [0.3, 0.4) is 0 Å². The van der Waals surface area contributed by atoms with E-state index >= 15 is 0 Å². The minimum Gasteiger partial charge on any atom is -0.299 e. The molecule has 1 atom stereocenters. The van der Waals surface area contributed by atoms with Crippen LogP contribution in [0.2, 0.25) is 0 Å². The topological polar surface area (TPSA) is 17.1 Å². The molecule has 0 aromatic carbocycles. The monoisotopic (exact) mass is 208 g/mol. The molecule has 0 aliphatic heterocycles. The molecular formula is C14H24O. The van der Waals surface area contributed by atoms with Gasteiger partial charge in [-0.25, -0.2) is 0 Å². The van der Waals surface area contributed by atoms with Crippen molar-refractivity contribution in [3.63, 3.8) is 0 Å². The molecule has 0 aromatic heterocycles. The summed E-state index contributed by atoms with van der Waals surface area (Å²) < 4.78 is 0. The van der Waals surface area contributed by atoms with Gasteiger partial charge in [-0.2, -0.15) is 0 Å². The Labute approximate surface area is 94.3 Å². The summed E-state index contributed by atoms with van der Waals surface area (Å²) in [6.45, 7) is 5.81. The number of carbonyl (C=O) groups excluding carboxylic acids is 1. The summed E-state index contributed by atoms with van der Waals surface area (Å²) in [5.74, 6) is 0.207. The molecule has 0 aliphatic carbocycles. The van der Waals surface area contributed by atoms with Crippen LogP contribution in [0.15, 0.2) is 24.3 Å². The summed E-state index contributed by atoms with van der Waals surface area (Å²) >= 11 is 0. The third-order valence-corrected chi connectivity index (χ3v) is 2.44. The Bertz CT molecular complexity index is 213. The maximum absolute atomic E-state index is 11.2. The van der Waals surface area contributed by atoms with Crippen molar-refractivity contribution in [2.24, 2.45) is 5.92 Å².